The summed E-state index contributed by atoms with van der Waals surface area (Å²) in [5.74, 6) is 0.411. The fourth-order valence-corrected chi connectivity index (χ4v) is 3.59. The molecule has 1 aliphatic rings. The third kappa shape index (κ3) is 6.01. The molecule has 1 heterocycles. The zero-order valence-corrected chi connectivity index (χ0v) is 16.9. The number of nitrogens with zero attached hydrogens (tertiary/aromatic N) is 1. The summed E-state index contributed by atoms with van der Waals surface area (Å²) in [5.41, 5.74) is 0.829. The molecule has 1 atom stereocenters. The Morgan fingerprint density at radius 2 is 1.96 bits per heavy atom. The standard InChI is InChI=1S/C20H20Cl3NO3/c21-15-3-1-4-17(9-15)27-13-20(25)24(12-18-5-2-8-26-18)11-14-6-7-16(22)10-19(14)23/h1,3-4,6-7,9-10,18H,2,5,8,11-13H2. The minimum absolute atomic E-state index is 0.0335. The molecule has 1 aliphatic heterocycles. The number of hydrogen-bond donors (Lipinski definition) is 0. The summed E-state index contributed by atoms with van der Waals surface area (Å²) in [6, 6.07) is 12.2. The maximum absolute atomic E-state index is 12.8. The van der Waals surface area contributed by atoms with Crippen molar-refractivity contribution in [2.24, 2.45) is 0 Å². The van der Waals surface area contributed by atoms with E-state index in [0.29, 0.717) is 33.9 Å². The van der Waals surface area contributed by atoms with Crippen LogP contribution in [0.1, 0.15) is 18.4 Å². The summed E-state index contributed by atoms with van der Waals surface area (Å²) in [6.07, 6.45) is 1.98. The van der Waals surface area contributed by atoms with E-state index in [-0.39, 0.29) is 18.6 Å². The first-order chi connectivity index (χ1) is 13.0. The average molecular weight is 429 g/mol. The Morgan fingerprint density at radius 3 is 2.67 bits per heavy atom. The van der Waals surface area contributed by atoms with Crippen LogP contribution in [-0.2, 0) is 16.1 Å². The van der Waals surface area contributed by atoms with Crippen LogP contribution in [0.15, 0.2) is 42.5 Å². The smallest absolute Gasteiger partial charge is 0.260 e. The lowest BCUT2D eigenvalue weighted by Gasteiger charge is -2.26. The highest BCUT2D eigenvalue weighted by Gasteiger charge is 2.23. The van der Waals surface area contributed by atoms with Crippen molar-refractivity contribution in [2.75, 3.05) is 19.8 Å². The van der Waals surface area contributed by atoms with Crippen LogP contribution in [0.3, 0.4) is 0 Å². The molecule has 0 bridgehead atoms. The van der Waals surface area contributed by atoms with Crippen molar-refractivity contribution in [3.63, 3.8) is 0 Å². The molecule has 7 heteroatoms. The van der Waals surface area contributed by atoms with Crippen LogP contribution in [-0.4, -0.2) is 36.7 Å². The number of carbonyl (C=O) groups is 1. The second-order valence-electron chi connectivity index (χ2n) is 6.39. The van der Waals surface area contributed by atoms with Gasteiger partial charge in [0, 0.05) is 34.8 Å². The molecule has 0 spiro atoms. The second-order valence-corrected chi connectivity index (χ2v) is 7.67. The second kappa shape index (κ2) is 9.65. The molecule has 0 aromatic heterocycles. The lowest BCUT2D eigenvalue weighted by atomic mass is 10.1. The third-order valence-corrected chi connectivity index (χ3v) is 5.16. The lowest BCUT2D eigenvalue weighted by molar-refractivity contribution is -0.135. The predicted molar refractivity (Wildman–Crippen MR) is 108 cm³/mol. The molecule has 144 valence electrons. The van der Waals surface area contributed by atoms with E-state index in [4.69, 9.17) is 44.3 Å². The van der Waals surface area contributed by atoms with E-state index < -0.39 is 0 Å². The first kappa shape index (κ1) is 20.3. The molecule has 1 unspecified atom stereocenters. The zero-order chi connectivity index (χ0) is 19.2. The number of amides is 1. The third-order valence-electron chi connectivity index (χ3n) is 4.34. The van der Waals surface area contributed by atoms with Crippen LogP contribution in [0.25, 0.3) is 0 Å². The van der Waals surface area contributed by atoms with E-state index in [1.807, 2.05) is 6.07 Å². The Bertz CT molecular complexity index is 794. The minimum Gasteiger partial charge on any atom is -0.484 e. The highest BCUT2D eigenvalue weighted by Crippen LogP contribution is 2.24. The summed E-state index contributed by atoms with van der Waals surface area (Å²) in [4.78, 5) is 14.5. The summed E-state index contributed by atoms with van der Waals surface area (Å²) in [5, 5.41) is 1.65. The van der Waals surface area contributed by atoms with E-state index in [1.165, 1.54) is 0 Å². The van der Waals surface area contributed by atoms with Crippen LogP contribution in [0, 0.1) is 0 Å². The van der Waals surface area contributed by atoms with E-state index in [0.717, 1.165) is 25.0 Å². The summed E-state index contributed by atoms with van der Waals surface area (Å²) in [7, 11) is 0. The van der Waals surface area contributed by atoms with Crippen molar-refractivity contribution in [3.8, 4) is 5.75 Å². The fraction of sp³-hybridized carbons (Fsp3) is 0.350. The zero-order valence-electron chi connectivity index (χ0n) is 14.7. The molecule has 0 radical (unpaired) electrons. The summed E-state index contributed by atoms with van der Waals surface area (Å²) < 4.78 is 11.3. The van der Waals surface area contributed by atoms with Crippen molar-refractivity contribution in [1.82, 2.24) is 4.90 Å². The van der Waals surface area contributed by atoms with E-state index in [9.17, 15) is 4.79 Å². The number of ether oxygens (including phenoxy) is 2. The van der Waals surface area contributed by atoms with Gasteiger partial charge in [-0.1, -0.05) is 46.9 Å². The van der Waals surface area contributed by atoms with E-state index in [2.05, 4.69) is 0 Å². The lowest BCUT2D eigenvalue weighted by Crippen LogP contribution is -2.39. The van der Waals surface area contributed by atoms with Gasteiger partial charge in [-0.25, -0.2) is 0 Å². The van der Waals surface area contributed by atoms with Gasteiger partial charge in [0.25, 0.3) is 5.91 Å². The van der Waals surface area contributed by atoms with Gasteiger partial charge in [-0.05, 0) is 48.7 Å². The molecule has 1 saturated heterocycles. The van der Waals surface area contributed by atoms with Crippen LogP contribution < -0.4 is 4.74 Å². The Balaban J connectivity index is 1.68. The topological polar surface area (TPSA) is 38.8 Å². The molecule has 4 nitrogen and oxygen atoms in total. The Hall–Kier alpha value is -1.46. The highest BCUT2D eigenvalue weighted by molar-refractivity contribution is 6.35. The molecule has 0 saturated carbocycles. The molecular formula is C20H20Cl3NO3. The van der Waals surface area contributed by atoms with Gasteiger partial charge in [0.15, 0.2) is 6.61 Å². The monoisotopic (exact) mass is 427 g/mol. The largest absolute Gasteiger partial charge is 0.484 e. The van der Waals surface area contributed by atoms with Crippen LogP contribution in [0.2, 0.25) is 15.1 Å². The Labute approximate surface area is 173 Å². The summed E-state index contributed by atoms with van der Waals surface area (Å²) >= 11 is 18.2. The number of halogens is 3. The molecule has 0 N–H and O–H groups in total. The number of rotatable bonds is 7. The van der Waals surface area contributed by atoms with Crippen molar-refractivity contribution >= 4 is 40.7 Å². The average Bonchev–Trinajstić information content (AvgIpc) is 3.14. The van der Waals surface area contributed by atoms with Crippen LogP contribution in [0.4, 0.5) is 0 Å². The predicted octanol–water partition coefficient (Wildman–Crippen LogP) is 5.23. The van der Waals surface area contributed by atoms with Crippen LogP contribution in [0.5, 0.6) is 5.75 Å². The first-order valence-corrected chi connectivity index (χ1v) is 9.86. The normalized spacial score (nSPS) is 16.3. The molecule has 27 heavy (non-hydrogen) atoms. The van der Waals surface area contributed by atoms with Crippen molar-refractivity contribution in [1.29, 1.82) is 0 Å². The molecule has 1 amide bonds. The summed E-state index contributed by atoms with van der Waals surface area (Å²) in [6.45, 7) is 1.51. The molecule has 3 rings (SSSR count). The first-order valence-electron chi connectivity index (χ1n) is 8.73. The van der Waals surface area contributed by atoms with Crippen molar-refractivity contribution < 1.29 is 14.3 Å². The van der Waals surface area contributed by atoms with Gasteiger partial charge in [0.2, 0.25) is 0 Å². The van der Waals surface area contributed by atoms with E-state index >= 15 is 0 Å². The van der Waals surface area contributed by atoms with Crippen molar-refractivity contribution in [2.45, 2.75) is 25.5 Å². The molecular weight excluding hydrogens is 409 g/mol. The SMILES string of the molecule is O=C(COc1cccc(Cl)c1)N(Cc1ccc(Cl)cc1Cl)CC1CCCO1. The molecule has 2 aromatic carbocycles. The van der Waals surface area contributed by atoms with Gasteiger partial charge in [-0.15, -0.1) is 0 Å². The minimum atomic E-state index is -0.142. The van der Waals surface area contributed by atoms with Gasteiger partial charge in [0.05, 0.1) is 6.10 Å². The van der Waals surface area contributed by atoms with Gasteiger partial charge in [0.1, 0.15) is 5.75 Å². The highest BCUT2D eigenvalue weighted by atomic mass is 35.5. The number of hydrogen-bond acceptors (Lipinski definition) is 3. The number of benzene rings is 2. The van der Waals surface area contributed by atoms with Gasteiger partial charge >= 0.3 is 0 Å². The van der Waals surface area contributed by atoms with Gasteiger partial charge < -0.3 is 14.4 Å². The van der Waals surface area contributed by atoms with E-state index in [1.54, 1.807) is 41.3 Å². The quantitative estimate of drug-likeness (QED) is 0.606. The Morgan fingerprint density at radius 1 is 1.15 bits per heavy atom. The van der Waals surface area contributed by atoms with Gasteiger partial charge in [-0.2, -0.15) is 0 Å². The molecule has 1 fully saturated rings. The Kier molecular flexibility index (Phi) is 7.25. The molecule has 2 aromatic rings. The van der Waals surface area contributed by atoms with Gasteiger partial charge in [-0.3, -0.25) is 4.79 Å². The number of carbonyl (C=O) groups excluding carboxylic acids is 1. The fourth-order valence-electron chi connectivity index (χ4n) is 2.94. The van der Waals surface area contributed by atoms with Crippen molar-refractivity contribution in [3.05, 3.63) is 63.1 Å². The maximum atomic E-state index is 12.8. The molecule has 0 aliphatic carbocycles. The van der Waals surface area contributed by atoms with Crippen LogP contribution >= 0.6 is 34.8 Å². The maximum Gasteiger partial charge on any atom is 0.260 e.